The van der Waals surface area contributed by atoms with E-state index in [0.717, 1.165) is 23.4 Å². The molecular formula is C23H23Cl2NO2Se. The van der Waals surface area contributed by atoms with Gasteiger partial charge in [-0.25, -0.2) is 0 Å². The normalized spacial score (nSPS) is 14.8. The molecule has 1 N–H and O–H groups in total. The molecule has 152 valence electrons. The predicted octanol–water partition coefficient (Wildman–Crippen LogP) is 5.95. The Kier molecular flexibility index (Phi) is 6.89. The molecule has 0 saturated carbocycles. The summed E-state index contributed by atoms with van der Waals surface area (Å²) in [6.45, 7) is 4.01. The summed E-state index contributed by atoms with van der Waals surface area (Å²) in [5, 5.41) is 10.8. The van der Waals surface area contributed by atoms with Crippen LogP contribution in [-0.2, 0) is 0 Å². The third kappa shape index (κ3) is 5.20. The van der Waals surface area contributed by atoms with Crippen molar-refractivity contribution in [2.45, 2.75) is 19.3 Å². The number of benzene rings is 2. The Balaban J connectivity index is 1.43. The molecule has 6 heteroatoms. The van der Waals surface area contributed by atoms with Crippen molar-refractivity contribution in [3.63, 3.8) is 0 Å². The van der Waals surface area contributed by atoms with Crippen molar-refractivity contribution in [3.05, 3.63) is 58.6 Å². The van der Waals surface area contributed by atoms with E-state index < -0.39 is 0 Å². The minimum absolute atomic E-state index is 0.0981. The number of likely N-dealkylation sites (tertiary alicyclic amines) is 1. The van der Waals surface area contributed by atoms with Crippen molar-refractivity contribution >= 4 is 37.7 Å². The summed E-state index contributed by atoms with van der Waals surface area (Å²) >= 11 is 13.0. The molecule has 3 nitrogen and oxygen atoms in total. The van der Waals surface area contributed by atoms with Gasteiger partial charge in [-0.2, -0.15) is 0 Å². The molecule has 0 spiro atoms. The quantitative estimate of drug-likeness (QED) is 0.429. The SMILES string of the molecule is Oc1ccc(-c2ccc(-c3ccc(OCCN4CCCCC4)cc3Cl)[se]2)c(Cl)c1. The maximum atomic E-state index is 9.56. The second-order valence-corrected chi connectivity index (χ2v) is 10.3. The van der Waals surface area contributed by atoms with Crippen LogP contribution in [-0.4, -0.2) is 50.8 Å². The molecule has 2 aromatic carbocycles. The van der Waals surface area contributed by atoms with E-state index in [4.69, 9.17) is 27.9 Å². The van der Waals surface area contributed by atoms with E-state index in [0.29, 0.717) is 16.7 Å². The maximum absolute atomic E-state index is 9.56. The summed E-state index contributed by atoms with van der Waals surface area (Å²) in [6, 6.07) is 15.3. The zero-order valence-electron chi connectivity index (χ0n) is 16.0. The molecule has 1 saturated heterocycles. The molecule has 0 amide bonds. The monoisotopic (exact) mass is 495 g/mol. The van der Waals surface area contributed by atoms with Crippen molar-refractivity contribution in [2.75, 3.05) is 26.2 Å². The van der Waals surface area contributed by atoms with Crippen molar-refractivity contribution in [1.82, 2.24) is 4.90 Å². The van der Waals surface area contributed by atoms with Gasteiger partial charge in [0.05, 0.1) is 0 Å². The van der Waals surface area contributed by atoms with Crippen LogP contribution in [0.2, 0.25) is 10.0 Å². The van der Waals surface area contributed by atoms with Crippen LogP contribution in [0.3, 0.4) is 0 Å². The summed E-state index contributed by atoms with van der Waals surface area (Å²) in [5.41, 5.74) is 2.00. The molecule has 0 bridgehead atoms. The van der Waals surface area contributed by atoms with Gasteiger partial charge in [0.1, 0.15) is 0 Å². The molecule has 1 aromatic heterocycles. The topological polar surface area (TPSA) is 32.7 Å². The van der Waals surface area contributed by atoms with E-state index >= 15 is 0 Å². The Labute approximate surface area is 187 Å². The number of phenols is 1. The summed E-state index contributed by atoms with van der Waals surface area (Å²) in [4.78, 5) is 2.47. The van der Waals surface area contributed by atoms with E-state index in [1.165, 1.54) is 41.2 Å². The molecule has 1 fully saturated rings. The van der Waals surface area contributed by atoms with Gasteiger partial charge in [0, 0.05) is 0 Å². The fraction of sp³-hybridized carbons (Fsp3) is 0.304. The number of hydrogen-bond donors (Lipinski definition) is 1. The summed E-state index contributed by atoms with van der Waals surface area (Å²) in [5.74, 6) is 0.994. The predicted molar refractivity (Wildman–Crippen MR) is 122 cm³/mol. The van der Waals surface area contributed by atoms with Crippen LogP contribution in [0, 0.1) is 0 Å². The van der Waals surface area contributed by atoms with E-state index in [1.54, 1.807) is 12.1 Å². The van der Waals surface area contributed by atoms with Crippen LogP contribution in [0.1, 0.15) is 19.3 Å². The van der Waals surface area contributed by atoms with Crippen LogP contribution in [0.25, 0.3) is 20.0 Å². The third-order valence-electron chi connectivity index (χ3n) is 5.16. The second kappa shape index (κ2) is 9.59. The van der Waals surface area contributed by atoms with E-state index in [9.17, 15) is 5.11 Å². The van der Waals surface area contributed by atoms with E-state index in [-0.39, 0.29) is 20.3 Å². The third-order valence-corrected chi connectivity index (χ3v) is 8.20. The molecule has 3 aromatic rings. The molecule has 4 rings (SSSR count). The van der Waals surface area contributed by atoms with E-state index in [2.05, 4.69) is 17.0 Å². The standard InChI is InChI=1S/C23H23Cl2NO2Se/c24-20-14-16(27)4-6-18(20)22-8-9-23(29-22)19-7-5-17(15-21(19)25)28-13-12-26-10-2-1-3-11-26/h4-9,14-15,27H,1-3,10-13H2. The number of aromatic hydroxyl groups is 1. The summed E-state index contributed by atoms with van der Waals surface area (Å²) in [6.07, 6.45) is 3.94. The molecule has 1 aliphatic heterocycles. The molecule has 1 aliphatic rings. The molecular weight excluding hydrogens is 472 g/mol. The van der Waals surface area contributed by atoms with Crippen molar-refractivity contribution < 1.29 is 9.84 Å². The van der Waals surface area contributed by atoms with E-state index in [1.807, 2.05) is 24.3 Å². The zero-order chi connectivity index (χ0) is 20.2. The Bertz CT molecular complexity index is 983. The molecule has 2 heterocycles. The number of piperidine rings is 1. The number of hydrogen-bond acceptors (Lipinski definition) is 3. The molecule has 0 radical (unpaired) electrons. The zero-order valence-corrected chi connectivity index (χ0v) is 19.3. The van der Waals surface area contributed by atoms with Gasteiger partial charge >= 0.3 is 188 Å². The Hall–Kier alpha value is -1.42. The summed E-state index contributed by atoms with van der Waals surface area (Å²) in [7, 11) is 0. The van der Waals surface area contributed by atoms with Crippen molar-refractivity contribution in [2.24, 2.45) is 0 Å². The van der Waals surface area contributed by atoms with Crippen LogP contribution in [0.5, 0.6) is 11.5 Å². The van der Waals surface area contributed by atoms with Gasteiger partial charge in [0.2, 0.25) is 0 Å². The van der Waals surface area contributed by atoms with Gasteiger partial charge < -0.3 is 0 Å². The fourth-order valence-electron chi connectivity index (χ4n) is 3.59. The molecule has 0 atom stereocenters. The van der Waals surface area contributed by atoms with Crippen LogP contribution in [0.4, 0.5) is 0 Å². The van der Waals surface area contributed by atoms with Gasteiger partial charge in [-0.15, -0.1) is 0 Å². The second-order valence-electron chi connectivity index (χ2n) is 7.22. The van der Waals surface area contributed by atoms with Gasteiger partial charge in [-0.05, 0) is 0 Å². The summed E-state index contributed by atoms with van der Waals surface area (Å²) < 4.78 is 8.32. The van der Waals surface area contributed by atoms with Crippen molar-refractivity contribution in [1.29, 1.82) is 0 Å². The number of halogens is 2. The Morgan fingerprint density at radius 2 is 1.52 bits per heavy atom. The number of ether oxygens (including phenoxy) is 1. The van der Waals surface area contributed by atoms with Crippen LogP contribution in [0.15, 0.2) is 48.5 Å². The Morgan fingerprint density at radius 1 is 0.862 bits per heavy atom. The van der Waals surface area contributed by atoms with Gasteiger partial charge in [-0.3, -0.25) is 0 Å². The first-order valence-electron chi connectivity index (χ1n) is 9.84. The average molecular weight is 495 g/mol. The molecule has 0 aliphatic carbocycles. The van der Waals surface area contributed by atoms with Gasteiger partial charge in [-0.1, -0.05) is 0 Å². The van der Waals surface area contributed by atoms with Gasteiger partial charge in [0.25, 0.3) is 0 Å². The number of nitrogens with zero attached hydrogens (tertiary/aromatic N) is 1. The minimum atomic E-state index is 0.0981. The van der Waals surface area contributed by atoms with Crippen molar-refractivity contribution in [3.8, 4) is 31.5 Å². The van der Waals surface area contributed by atoms with Gasteiger partial charge in [0.15, 0.2) is 0 Å². The molecule has 0 unspecified atom stereocenters. The average Bonchev–Trinajstić information content (AvgIpc) is 3.18. The number of phenolic OH excluding ortho intramolecular Hbond substituents is 1. The molecule has 29 heavy (non-hydrogen) atoms. The van der Waals surface area contributed by atoms with Crippen LogP contribution < -0.4 is 4.74 Å². The first-order valence-corrected chi connectivity index (χ1v) is 12.3. The fourth-order valence-corrected chi connectivity index (χ4v) is 6.67. The van der Waals surface area contributed by atoms with Crippen LogP contribution >= 0.6 is 23.2 Å². The first-order chi connectivity index (χ1) is 14.1. The Morgan fingerprint density at radius 3 is 2.17 bits per heavy atom. The number of rotatable bonds is 6. The first kappa shape index (κ1) is 20.8.